The van der Waals surface area contributed by atoms with E-state index in [0.717, 1.165) is 11.0 Å². The summed E-state index contributed by atoms with van der Waals surface area (Å²) in [6.45, 7) is 0.144. The molecule has 4 aromatic rings. The summed E-state index contributed by atoms with van der Waals surface area (Å²) in [6, 6.07) is 13.0. The fourth-order valence-corrected chi connectivity index (χ4v) is 6.24. The third kappa shape index (κ3) is 1.51. The lowest BCUT2D eigenvalue weighted by atomic mass is 9.33. The Morgan fingerprint density at radius 2 is 1.41 bits per heavy atom. The van der Waals surface area contributed by atoms with Crippen molar-refractivity contribution < 1.29 is 0 Å². The minimum atomic E-state index is 0.144. The van der Waals surface area contributed by atoms with Crippen LogP contribution in [0, 0.1) is 0 Å². The van der Waals surface area contributed by atoms with Crippen LogP contribution in [0.2, 0.25) is 0 Å². The molecule has 0 atom stereocenters. The summed E-state index contributed by atoms with van der Waals surface area (Å²) in [6.07, 6.45) is 17.1. The Morgan fingerprint density at radius 1 is 0.719 bits per heavy atom. The maximum absolute atomic E-state index is 4.79. The first-order chi connectivity index (χ1) is 15.9. The Balaban J connectivity index is 1.57. The van der Waals surface area contributed by atoms with E-state index in [2.05, 4.69) is 86.9 Å². The largest absolute Gasteiger partial charge is 0.306 e. The number of imidazole rings is 2. The summed E-state index contributed by atoms with van der Waals surface area (Å²) in [7, 11) is 0. The molecule has 6 heteroatoms. The Bertz CT molecular complexity index is 1790. The Labute approximate surface area is 183 Å². The lowest BCUT2D eigenvalue weighted by Gasteiger charge is -2.45. The first-order valence-electron chi connectivity index (χ1n) is 10.9. The van der Waals surface area contributed by atoms with E-state index in [1.54, 1.807) is 0 Å². The molecule has 5 aliphatic heterocycles. The zero-order valence-electron chi connectivity index (χ0n) is 16.9. The monoisotopic (exact) mass is 407 g/mol. The highest BCUT2D eigenvalue weighted by molar-refractivity contribution is 6.97. The predicted octanol–water partition coefficient (Wildman–Crippen LogP) is 3.16. The summed E-state index contributed by atoms with van der Waals surface area (Å²) in [5, 5.41) is 0. The van der Waals surface area contributed by atoms with E-state index in [0.29, 0.717) is 0 Å². The second-order valence-corrected chi connectivity index (χ2v) is 8.79. The van der Waals surface area contributed by atoms with Gasteiger partial charge in [0.15, 0.2) is 0 Å². The Hall–Kier alpha value is -4.32. The van der Waals surface area contributed by atoms with Crippen molar-refractivity contribution in [2.45, 2.75) is 0 Å². The molecule has 0 bridgehead atoms. The Morgan fingerprint density at radius 3 is 2.16 bits per heavy atom. The van der Waals surface area contributed by atoms with Crippen LogP contribution < -0.4 is 10.9 Å². The van der Waals surface area contributed by atoms with Crippen LogP contribution in [0.15, 0.2) is 108 Å². The fourth-order valence-electron chi connectivity index (χ4n) is 6.24. The van der Waals surface area contributed by atoms with Gasteiger partial charge in [-0.25, -0.2) is 9.97 Å². The first-order valence-corrected chi connectivity index (χ1v) is 10.9. The molecule has 7 heterocycles. The minimum Gasteiger partial charge on any atom is -0.306 e. The highest BCUT2D eigenvalue weighted by Crippen LogP contribution is 2.49. The molecule has 2 aromatic heterocycles. The van der Waals surface area contributed by atoms with Crippen LogP contribution >= 0.6 is 0 Å². The van der Waals surface area contributed by atoms with Crippen molar-refractivity contribution in [3.63, 3.8) is 0 Å². The van der Waals surface area contributed by atoms with Crippen LogP contribution in [0.5, 0.6) is 0 Å². The van der Waals surface area contributed by atoms with Gasteiger partial charge in [0.05, 0.1) is 44.9 Å². The molecule has 9 rings (SSSR count). The summed E-state index contributed by atoms with van der Waals surface area (Å²) in [4.78, 5) is 12.0. The van der Waals surface area contributed by atoms with Crippen molar-refractivity contribution in [3.8, 4) is 0 Å². The van der Waals surface area contributed by atoms with Crippen molar-refractivity contribution in [2.75, 3.05) is 0 Å². The summed E-state index contributed by atoms with van der Waals surface area (Å²) in [5.74, 6) is 0. The van der Waals surface area contributed by atoms with Crippen LogP contribution in [-0.4, -0.2) is 30.7 Å². The molecule has 5 aliphatic rings. The van der Waals surface area contributed by atoms with Gasteiger partial charge in [0.2, 0.25) is 0 Å². The van der Waals surface area contributed by atoms with Crippen LogP contribution in [-0.2, 0) is 0 Å². The maximum atomic E-state index is 4.79. The van der Waals surface area contributed by atoms with E-state index >= 15 is 0 Å². The lowest BCUT2D eigenvalue weighted by Crippen LogP contribution is -2.53. The molecule has 0 saturated carbocycles. The molecule has 5 nitrogen and oxygen atoms in total. The van der Waals surface area contributed by atoms with E-state index in [9.17, 15) is 0 Å². The molecule has 0 unspecified atom stereocenters. The molecule has 32 heavy (non-hydrogen) atoms. The van der Waals surface area contributed by atoms with Gasteiger partial charge in [-0.3, -0.25) is 9.13 Å². The highest BCUT2D eigenvalue weighted by atomic mass is 15.2. The second kappa shape index (κ2) is 4.94. The first kappa shape index (κ1) is 15.5. The van der Waals surface area contributed by atoms with Crippen molar-refractivity contribution in [3.05, 3.63) is 108 Å². The van der Waals surface area contributed by atoms with Gasteiger partial charge in [-0.2, -0.15) is 0 Å². The Kier molecular flexibility index (Phi) is 2.39. The number of hydrogen-bond acceptors (Lipinski definition) is 3. The van der Waals surface area contributed by atoms with Gasteiger partial charge in [-0.1, -0.05) is 36.4 Å². The number of benzene rings is 2. The van der Waals surface area contributed by atoms with E-state index in [-0.39, 0.29) is 6.71 Å². The molecular weight excluding hydrogens is 393 g/mol. The number of aromatic nitrogens is 4. The quantitative estimate of drug-likeness (QED) is 0.421. The number of allylic oxidation sites excluding steroid dienone is 9. The van der Waals surface area contributed by atoms with E-state index in [1.165, 1.54) is 55.9 Å². The van der Waals surface area contributed by atoms with E-state index in [4.69, 9.17) is 9.97 Å². The van der Waals surface area contributed by atoms with Crippen molar-refractivity contribution in [1.29, 1.82) is 0 Å². The second-order valence-electron chi connectivity index (χ2n) is 8.79. The summed E-state index contributed by atoms with van der Waals surface area (Å²) in [5.41, 5.74) is 14.5. The normalized spacial score (nSPS) is 19.0. The van der Waals surface area contributed by atoms with Gasteiger partial charge >= 0.3 is 0 Å². The van der Waals surface area contributed by atoms with Gasteiger partial charge in [0.1, 0.15) is 12.7 Å². The molecule has 146 valence electrons. The average Bonchev–Trinajstić information content (AvgIpc) is 3.46. The molecule has 0 N–H and O–H groups in total. The number of para-hydroxylation sites is 2. The van der Waals surface area contributed by atoms with Crippen LogP contribution in [0.4, 0.5) is 0 Å². The summed E-state index contributed by atoms with van der Waals surface area (Å²) < 4.78 is 4.60. The topological polar surface area (TPSA) is 38.9 Å². The third-order valence-corrected chi connectivity index (χ3v) is 7.37. The average molecular weight is 407 g/mol. The molecule has 0 radical (unpaired) electrons. The molecule has 0 saturated heterocycles. The molecule has 0 aliphatic carbocycles. The summed E-state index contributed by atoms with van der Waals surface area (Å²) >= 11 is 0. The number of nitrogens with zero attached hydrogens (tertiary/aromatic N) is 5. The lowest BCUT2D eigenvalue weighted by molar-refractivity contribution is 0.560. The predicted molar refractivity (Wildman–Crippen MR) is 127 cm³/mol. The zero-order chi connectivity index (χ0) is 20.6. The number of hydrogen-bond donors (Lipinski definition) is 0. The van der Waals surface area contributed by atoms with Gasteiger partial charge in [-0.15, -0.1) is 0 Å². The van der Waals surface area contributed by atoms with Crippen molar-refractivity contribution >= 4 is 51.1 Å². The number of fused-ring (bicyclic) bond motifs is 5. The molecule has 2 aromatic carbocycles. The van der Waals surface area contributed by atoms with Gasteiger partial charge in [0.25, 0.3) is 6.71 Å². The van der Waals surface area contributed by atoms with Crippen molar-refractivity contribution in [2.24, 2.45) is 0 Å². The molecule has 0 fully saturated rings. The smallest absolute Gasteiger partial charge is 0.252 e. The van der Waals surface area contributed by atoms with Crippen molar-refractivity contribution in [1.82, 2.24) is 24.0 Å². The van der Waals surface area contributed by atoms with Gasteiger partial charge < -0.3 is 4.90 Å². The van der Waals surface area contributed by atoms with Crippen LogP contribution in [0.25, 0.3) is 33.5 Å². The van der Waals surface area contributed by atoms with Crippen LogP contribution in [0.3, 0.4) is 0 Å². The third-order valence-electron chi connectivity index (χ3n) is 7.37. The minimum absolute atomic E-state index is 0.144. The van der Waals surface area contributed by atoms with E-state index < -0.39 is 0 Å². The number of rotatable bonds is 0. The molecular formula is C26H14BN5. The maximum Gasteiger partial charge on any atom is 0.252 e. The standard InChI is InChI=1S/C26H14BN5/c1-5-15-6-2-12-21-26-22-25(20(11-1)32(15)21)30-13-28-18-9-3-7-16(23(18)30)27(22)17-8-4-10-19-24(17)31(26)14-29-19/h1-14H. The van der Waals surface area contributed by atoms with Gasteiger partial charge in [-0.05, 0) is 52.8 Å². The highest BCUT2D eigenvalue weighted by Gasteiger charge is 2.47. The SMILES string of the molecule is C1=CC2=CC=CC3=C4C5=C(C(=C1)N23)n1cnc2cccc(c21)B5c1cccc2ncn4c12. The van der Waals surface area contributed by atoms with E-state index in [1.807, 2.05) is 12.7 Å². The fraction of sp³-hybridized carbons (Fsp3) is 0. The van der Waals surface area contributed by atoms with Crippen LogP contribution in [0.1, 0.15) is 0 Å². The van der Waals surface area contributed by atoms with Gasteiger partial charge in [0, 0.05) is 5.70 Å². The zero-order valence-corrected chi connectivity index (χ0v) is 16.9. The molecule has 0 spiro atoms. The molecule has 0 amide bonds.